The van der Waals surface area contributed by atoms with Crippen molar-refractivity contribution < 1.29 is 14.5 Å². The second kappa shape index (κ2) is 9.69. The third-order valence-electron chi connectivity index (χ3n) is 5.55. The normalized spacial score (nSPS) is 16.3. The molecule has 1 amide bonds. The topological polar surface area (TPSA) is 135 Å². The monoisotopic (exact) mass is 463 g/mol. The Balaban J connectivity index is 1.42. The van der Waals surface area contributed by atoms with Gasteiger partial charge in [-0.1, -0.05) is 26.0 Å². The lowest BCUT2D eigenvalue weighted by molar-refractivity contribution is -0.385. The van der Waals surface area contributed by atoms with Crippen molar-refractivity contribution in [2.75, 3.05) is 22.1 Å². The molecule has 1 saturated heterocycles. The zero-order chi connectivity index (χ0) is 24.2. The van der Waals surface area contributed by atoms with E-state index in [1.807, 2.05) is 45.0 Å². The van der Waals surface area contributed by atoms with Crippen LogP contribution in [0.25, 0.3) is 0 Å². The second-order valence-electron chi connectivity index (χ2n) is 8.27. The fourth-order valence-electron chi connectivity index (χ4n) is 3.59. The molecule has 1 unspecified atom stereocenters. The lowest BCUT2D eigenvalue weighted by Crippen LogP contribution is -2.37. The molecular weight excluding hydrogens is 438 g/mol. The van der Waals surface area contributed by atoms with Crippen molar-refractivity contribution >= 4 is 35.1 Å². The van der Waals surface area contributed by atoms with Crippen LogP contribution < -0.4 is 15.5 Å². The predicted molar refractivity (Wildman–Crippen MR) is 127 cm³/mol. The van der Waals surface area contributed by atoms with Gasteiger partial charge in [0.15, 0.2) is 0 Å². The molecule has 0 spiro atoms. The number of nitro groups is 1. The first-order valence-electron chi connectivity index (χ1n) is 10.8. The third-order valence-corrected chi connectivity index (χ3v) is 5.55. The van der Waals surface area contributed by atoms with E-state index < -0.39 is 11.0 Å². The molecule has 3 heterocycles. The molecule has 1 aliphatic heterocycles. The van der Waals surface area contributed by atoms with E-state index in [4.69, 9.17) is 4.74 Å². The molecular formula is C23H25N7O4. The van der Waals surface area contributed by atoms with Crippen LogP contribution in [-0.4, -0.2) is 38.6 Å². The fraction of sp³-hybridized carbons (Fsp3) is 0.304. The summed E-state index contributed by atoms with van der Waals surface area (Å²) < 4.78 is 5.22. The number of carbonyl (C=O) groups is 1. The number of anilines is 4. The number of rotatable bonds is 8. The number of amides is 1. The van der Waals surface area contributed by atoms with E-state index in [0.29, 0.717) is 24.2 Å². The van der Waals surface area contributed by atoms with E-state index in [1.54, 1.807) is 23.2 Å². The van der Waals surface area contributed by atoms with Crippen LogP contribution in [0.2, 0.25) is 0 Å². The molecule has 2 atom stereocenters. The molecule has 11 heteroatoms. The number of nitrogens with one attached hydrogen (secondary N) is 2. The first kappa shape index (κ1) is 22.9. The van der Waals surface area contributed by atoms with Crippen LogP contribution in [0.4, 0.5) is 33.8 Å². The van der Waals surface area contributed by atoms with Gasteiger partial charge in [-0.15, -0.1) is 0 Å². The number of hydrogen-bond donors (Lipinski definition) is 2. The van der Waals surface area contributed by atoms with Crippen LogP contribution in [0.1, 0.15) is 32.4 Å². The standard InChI is InChI=1S/C23H25N7O4/c1-14(2)19-13-34-23(31)29(19)21-10-11-24-22(28-21)26-15(3)16-4-6-17(7-5-16)27-20-9-8-18(12-25-20)30(32)33/h4-12,14-15,19H,13H2,1-3H3,(H,25,27)(H,24,26,28)/t15?,19-/m1/s1. The molecule has 0 aliphatic carbocycles. The Morgan fingerprint density at radius 2 is 1.88 bits per heavy atom. The van der Waals surface area contributed by atoms with E-state index in [2.05, 4.69) is 25.6 Å². The highest BCUT2D eigenvalue weighted by Crippen LogP contribution is 2.27. The molecule has 11 nitrogen and oxygen atoms in total. The quantitative estimate of drug-likeness (QED) is 0.360. The Bertz CT molecular complexity index is 1170. The summed E-state index contributed by atoms with van der Waals surface area (Å²) in [5, 5.41) is 17.1. The molecule has 2 aromatic heterocycles. The van der Waals surface area contributed by atoms with Crippen LogP contribution in [0, 0.1) is 16.0 Å². The van der Waals surface area contributed by atoms with Crippen molar-refractivity contribution in [2.45, 2.75) is 32.9 Å². The summed E-state index contributed by atoms with van der Waals surface area (Å²) in [7, 11) is 0. The number of cyclic esters (lactones) is 1. The molecule has 176 valence electrons. The van der Waals surface area contributed by atoms with E-state index >= 15 is 0 Å². The van der Waals surface area contributed by atoms with Crippen LogP contribution in [0.3, 0.4) is 0 Å². The first-order chi connectivity index (χ1) is 16.3. The van der Waals surface area contributed by atoms with E-state index in [0.717, 1.165) is 11.3 Å². The van der Waals surface area contributed by atoms with Crippen molar-refractivity contribution in [1.29, 1.82) is 0 Å². The summed E-state index contributed by atoms with van der Waals surface area (Å²) in [6.07, 6.45) is 2.43. The lowest BCUT2D eigenvalue weighted by Gasteiger charge is -2.23. The van der Waals surface area contributed by atoms with Gasteiger partial charge in [0.25, 0.3) is 5.69 Å². The highest BCUT2D eigenvalue weighted by molar-refractivity contribution is 5.89. The summed E-state index contributed by atoms with van der Waals surface area (Å²) in [4.78, 5) is 37.0. The highest BCUT2D eigenvalue weighted by atomic mass is 16.6. The number of hydrogen-bond acceptors (Lipinski definition) is 9. The molecule has 0 saturated carbocycles. The maximum absolute atomic E-state index is 12.2. The van der Waals surface area contributed by atoms with Gasteiger partial charge in [-0.3, -0.25) is 15.0 Å². The van der Waals surface area contributed by atoms with Crippen LogP contribution in [-0.2, 0) is 4.74 Å². The molecule has 0 bridgehead atoms. The van der Waals surface area contributed by atoms with Gasteiger partial charge in [-0.05, 0) is 42.7 Å². The maximum atomic E-state index is 12.2. The Labute approximate surface area is 196 Å². The average molecular weight is 463 g/mol. The smallest absolute Gasteiger partial charge is 0.415 e. The Kier molecular flexibility index (Phi) is 6.53. The summed E-state index contributed by atoms with van der Waals surface area (Å²) in [6.45, 7) is 6.41. The van der Waals surface area contributed by atoms with Crippen LogP contribution in [0.5, 0.6) is 0 Å². The minimum atomic E-state index is -0.487. The van der Waals surface area contributed by atoms with Gasteiger partial charge >= 0.3 is 6.09 Å². The summed E-state index contributed by atoms with van der Waals surface area (Å²) in [6, 6.07) is 12.2. The van der Waals surface area contributed by atoms with E-state index in [-0.39, 0.29) is 23.7 Å². The van der Waals surface area contributed by atoms with Crippen molar-refractivity contribution in [2.24, 2.45) is 5.92 Å². The molecule has 3 aromatic rings. The predicted octanol–water partition coefficient (Wildman–Crippen LogP) is 4.68. The number of benzene rings is 1. The number of nitrogens with zero attached hydrogens (tertiary/aromatic N) is 5. The highest BCUT2D eigenvalue weighted by Gasteiger charge is 2.37. The van der Waals surface area contributed by atoms with Gasteiger partial charge in [-0.2, -0.15) is 4.98 Å². The van der Waals surface area contributed by atoms with Crippen molar-refractivity contribution in [1.82, 2.24) is 15.0 Å². The molecule has 4 rings (SSSR count). The van der Waals surface area contributed by atoms with Crippen molar-refractivity contribution in [3.63, 3.8) is 0 Å². The number of carbonyl (C=O) groups excluding carboxylic acids is 1. The van der Waals surface area contributed by atoms with E-state index in [1.165, 1.54) is 12.3 Å². The Hall–Kier alpha value is -4.28. The van der Waals surface area contributed by atoms with Gasteiger partial charge in [0.1, 0.15) is 24.4 Å². The summed E-state index contributed by atoms with van der Waals surface area (Å²) >= 11 is 0. The van der Waals surface area contributed by atoms with Gasteiger partial charge in [0.2, 0.25) is 5.95 Å². The number of ether oxygens (including phenoxy) is 1. The minimum Gasteiger partial charge on any atom is -0.447 e. The number of aromatic nitrogens is 3. The first-order valence-corrected chi connectivity index (χ1v) is 10.8. The Morgan fingerprint density at radius 1 is 1.12 bits per heavy atom. The van der Waals surface area contributed by atoms with Gasteiger partial charge < -0.3 is 15.4 Å². The zero-order valence-electron chi connectivity index (χ0n) is 19.0. The van der Waals surface area contributed by atoms with Crippen LogP contribution >= 0.6 is 0 Å². The average Bonchev–Trinajstić information content (AvgIpc) is 3.22. The van der Waals surface area contributed by atoms with Gasteiger partial charge in [-0.25, -0.2) is 14.8 Å². The molecule has 2 N–H and O–H groups in total. The fourth-order valence-corrected chi connectivity index (χ4v) is 3.59. The lowest BCUT2D eigenvalue weighted by atomic mass is 10.0. The second-order valence-corrected chi connectivity index (χ2v) is 8.27. The van der Waals surface area contributed by atoms with Crippen molar-refractivity contribution in [3.8, 4) is 0 Å². The zero-order valence-corrected chi connectivity index (χ0v) is 19.0. The van der Waals surface area contributed by atoms with Crippen LogP contribution in [0.15, 0.2) is 54.9 Å². The molecule has 1 fully saturated rings. The molecule has 34 heavy (non-hydrogen) atoms. The Morgan fingerprint density at radius 3 is 2.53 bits per heavy atom. The molecule has 0 radical (unpaired) electrons. The minimum absolute atomic E-state index is 0.0616. The summed E-state index contributed by atoms with van der Waals surface area (Å²) in [5.74, 6) is 1.64. The maximum Gasteiger partial charge on any atom is 0.415 e. The SMILES string of the molecule is CC(Nc1nccc(N2C(=O)OC[C@@H]2C(C)C)n1)c1ccc(Nc2ccc([N+](=O)[O-])cn2)cc1. The summed E-state index contributed by atoms with van der Waals surface area (Å²) in [5.41, 5.74) is 1.73. The third kappa shape index (κ3) is 5.03. The van der Waals surface area contributed by atoms with E-state index in [9.17, 15) is 14.9 Å². The van der Waals surface area contributed by atoms with Gasteiger partial charge in [0, 0.05) is 18.0 Å². The molecule has 1 aromatic carbocycles. The van der Waals surface area contributed by atoms with Crippen molar-refractivity contribution in [3.05, 3.63) is 70.5 Å². The number of pyridine rings is 1. The largest absolute Gasteiger partial charge is 0.447 e. The van der Waals surface area contributed by atoms with Gasteiger partial charge in [0.05, 0.1) is 17.0 Å². The molecule has 1 aliphatic rings.